The van der Waals surface area contributed by atoms with E-state index in [1.807, 2.05) is 6.92 Å². The Morgan fingerprint density at radius 2 is 2.13 bits per heavy atom. The zero-order chi connectivity index (χ0) is 11.5. The van der Waals surface area contributed by atoms with Crippen molar-refractivity contribution in [3.63, 3.8) is 0 Å². The molecule has 0 N–H and O–H groups in total. The van der Waals surface area contributed by atoms with E-state index in [0.29, 0.717) is 16.5 Å². The van der Waals surface area contributed by atoms with Crippen LogP contribution in [0.1, 0.15) is 19.8 Å². The zero-order valence-corrected chi connectivity index (χ0v) is 10.7. The van der Waals surface area contributed by atoms with Crippen LogP contribution >= 0.6 is 24.0 Å². The molecule has 1 fully saturated rings. The highest BCUT2D eigenvalue weighted by molar-refractivity contribution is 8.23. The van der Waals surface area contributed by atoms with Crippen molar-refractivity contribution < 1.29 is 14.3 Å². The van der Waals surface area contributed by atoms with Crippen LogP contribution in [0.4, 0.5) is 0 Å². The minimum atomic E-state index is -1.02. The number of methoxy groups -OCH3 is 2. The van der Waals surface area contributed by atoms with E-state index in [1.165, 1.54) is 30.9 Å². The molecule has 15 heavy (non-hydrogen) atoms. The van der Waals surface area contributed by atoms with Crippen LogP contribution in [0.5, 0.6) is 0 Å². The topological polar surface area (TPSA) is 38.8 Å². The highest BCUT2D eigenvalue weighted by atomic mass is 32.2. The fraction of sp³-hybridized carbons (Fsp3) is 0.778. The first kappa shape index (κ1) is 12.9. The van der Waals surface area contributed by atoms with Gasteiger partial charge >= 0.3 is 0 Å². The van der Waals surface area contributed by atoms with Gasteiger partial charge in [0.15, 0.2) is 0 Å². The van der Waals surface area contributed by atoms with E-state index in [9.17, 15) is 4.79 Å². The van der Waals surface area contributed by atoms with Crippen LogP contribution in [-0.4, -0.2) is 41.0 Å². The quantitative estimate of drug-likeness (QED) is 0.546. The number of hydrogen-bond acceptors (Lipinski definition) is 5. The second-order valence-corrected chi connectivity index (χ2v) is 4.76. The number of amides is 1. The Labute approximate surface area is 99.3 Å². The Balaban J connectivity index is 2.96. The van der Waals surface area contributed by atoms with Gasteiger partial charge in [-0.2, -0.15) is 0 Å². The maximum atomic E-state index is 11.7. The Bertz CT molecular complexity index is 250. The standard InChI is InChI=1S/C9H15NO3S2/c1-4-5-9(12-2,13-3)10-7(11)6-15-8(10)14/h4-6H2,1-3H3. The number of thioether (sulfide) groups is 1. The summed E-state index contributed by atoms with van der Waals surface area (Å²) in [5.74, 6) is -0.703. The van der Waals surface area contributed by atoms with Crippen LogP contribution in [0.2, 0.25) is 0 Å². The maximum Gasteiger partial charge on any atom is 0.258 e. The minimum Gasteiger partial charge on any atom is -0.336 e. The van der Waals surface area contributed by atoms with E-state index in [4.69, 9.17) is 21.7 Å². The van der Waals surface area contributed by atoms with Gasteiger partial charge in [0.1, 0.15) is 4.32 Å². The molecule has 1 saturated heterocycles. The van der Waals surface area contributed by atoms with Crippen molar-refractivity contribution in [3.8, 4) is 0 Å². The third kappa shape index (κ3) is 2.33. The number of rotatable bonds is 5. The van der Waals surface area contributed by atoms with Crippen LogP contribution in [0.3, 0.4) is 0 Å². The van der Waals surface area contributed by atoms with Crippen molar-refractivity contribution in [2.45, 2.75) is 25.7 Å². The summed E-state index contributed by atoms with van der Waals surface area (Å²) < 4.78 is 11.2. The first-order valence-electron chi connectivity index (χ1n) is 4.71. The predicted octanol–water partition coefficient (Wildman–Crippen LogP) is 1.59. The molecule has 0 bridgehead atoms. The van der Waals surface area contributed by atoms with E-state index >= 15 is 0 Å². The molecule has 0 aromatic heterocycles. The van der Waals surface area contributed by atoms with E-state index in [2.05, 4.69) is 0 Å². The fourth-order valence-corrected chi connectivity index (χ4v) is 2.74. The lowest BCUT2D eigenvalue weighted by molar-refractivity contribution is -0.269. The van der Waals surface area contributed by atoms with Crippen molar-refractivity contribution in [3.05, 3.63) is 0 Å². The molecule has 1 aliphatic heterocycles. The fourth-order valence-electron chi connectivity index (χ4n) is 1.58. The number of hydrogen-bond donors (Lipinski definition) is 0. The maximum absolute atomic E-state index is 11.7. The summed E-state index contributed by atoms with van der Waals surface area (Å²) in [6.45, 7) is 2.00. The highest BCUT2D eigenvalue weighted by Crippen LogP contribution is 2.32. The zero-order valence-electron chi connectivity index (χ0n) is 9.11. The average Bonchev–Trinajstić information content (AvgIpc) is 2.57. The molecule has 1 amide bonds. The summed E-state index contributed by atoms with van der Waals surface area (Å²) in [6, 6.07) is 0. The molecule has 1 aliphatic rings. The van der Waals surface area contributed by atoms with Gasteiger partial charge in [0.25, 0.3) is 5.91 Å². The first-order chi connectivity index (χ1) is 7.11. The van der Waals surface area contributed by atoms with E-state index in [1.54, 1.807) is 0 Å². The number of carbonyl (C=O) groups is 1. The van der Waals surface area contributed by atoms with Crippen LogP contribution in [0.15, 0.2) is 0 Å². The van der Waals surface area contributed by atoms with Crippen molar-refractivity contribution >= 4 is 34.2 Å². The first-order valence-corrected chi connectivity index (χ1v) is 6.10. The molecule has 0 aliphatic carbocycles. The molecular weight excluding hydrogens is 234 g/mol. The van der Waals surface area contributed by atoms with Gasteiger partial charge in [-0.15, -0.1) is 0 Å². The van der Waals surface area contributed by atoms with Gasteiger partial charge in [-0.3, -0.25) is 4.79 Å². The molecule has 0 radical (unpaired) electrons. The Hall–Kier alpha value is -0.170. The number of carbonyl (C=O) groups excluding carboxylic acids is 1. The van der Waals surface area contributed by atoms with Crippen molar-refractivity contribution in [1.29, 1.82) is 0 Å². The van der Waals surface area contributed by atoms with Crippen molar-refractivity contribution in [2.24, 2.45) is 0 Å². The third-order valence-corrected chi connectivity index (χ3v) is 3.65. The van der Waals surface area contributed by atoms with Crippen LogP contribution in [0.25, 0.3) is 0 Å². The van der Waals surface area contributed by atoms with E-state index in [-0.39, 0.29) is 5.91 Å². The minimum absolute atomic E-state index is 0.0536. The highest BCUT2D eigenvalue weighted by Gasteiger charge is 2.45. The van der Waals surface area contributed by atoms with Gasteiger partial charge in [-0.05, 0) is 6.42 Å². The summed E-state index contributed by atoms with van der Waals surface area (Å²) in [4.78, 5) is 13.1. The lowest BCUT2D eigenvalue weighted by Crippen LogP contribution is -2.54. The molecular formula is C9H15NO3S2. The van der Waals surface area contributed by atoms with Crippen molar-refractivity contribution in [1.82, 2.24) is 4.90 Å². The smallest absolute Gasteiger partial charge is 0.258 e. The molecule has 4 nitrogen and oxygen atoms in total. The van der Waals surface area contributed by atoms with Gasteiger partial charge in [-0.25, -0.2) is 4.90 Å². The SMILES string of the molecule is CCCC(OC)(OC)N1C(=O)CSC1=S. The van der Waals surface area contributed by atoms with Gasteiger partial charge in [0.2, 0.25) is 5.91 Å². The molecule has 1 heterocycles. The van der Waals surface area contributed by atoms with Crippen LogP contribution in [-0.2, 0) is 14.3 Å². The summed E-state index contributed by atoms with van der Waals surface area (Å²) in [5, 5.41) is 0. The molecule has 0 atom stereocenters. The molecule has 86 valence electrons. The van der Waals surface area contributed by atoms with Gasteiger partial charge in [0, 0.05) is 20.6 Å². The molecule has 6 heteroatoms. The molecule has 0 unspecified atom stereocenters. The summed E-state index contributed by atoms with van der Waals surface area (Å²) in [6.07, 6.45) is 1.45. The largest absolute Gasteiger partial charge is 0.336 e. The van der Waals surface area contributed by atoms with Gasteiger partial charge < -0.3 is 9.47 Å². The summed E-state index contributed by atoms with van der Waals surface area (Å²) in [5.41, 5.74) is 0. The molecule has 0 spiro atoms. The van der Waals surface area contributed by atoms with Crippen LogP contribution in [0, 0.1) is 0 Å². The van der Waals surface area contributed by atoms with E-state index in [0.717, 1.165) is 6.42 Å². The monoisotopic (exact) mass is 249 g/mol. The van der Waals surface area contributed by atoms with Crippen LogP contribution < -0.4 is 0 Å². The summed E-state index contributed by atoms with van der Waals surface area (Å²) >= 11 is 6.47. The Morgan fingerprint density at radius 1 is 1.53 bits per heavy atom. The Kier molecular flexibility index (Phi) is 4.51. The second kappa shape index (κ2) is 5.25. The predicted molar refractivity (Wildman–Crippen MR) is 63.6 cm³/mol. The Morgan fingerprint density at radius 3 is 2.47 bits per heavy atom. The van der Waals surface area contributed by atoms with Crippen molar-refractivity contribution in [2.75, 3.05) is 20.0 Å². The summed E-state index contributed by atoms with van der Waals surface area (Å²) in [7, 11) is 3.05. The third-order valence-electron chi connectivity index (χ3n) is 2.30. The second-order valence-electron chi connectivity index (χ2n) is 3.15. The molecule has 0 aromatic carbocycles. The molecule has 0 aromatic rings. The number of nitrogens with zero attached hydrogens (tertiary/aromatic N) is 1. The average molecular weight is 249 g/mol. The molecule has 0 saturated carbocycles. The van der Waals surface area contributed by atoms with Gasteiger partial charge in [0.05, 0.1) is 5.75 Å². The number of ether oxygens (including phenoxy) is 2. The molecule has 1 rings (SSSR count). The lowest BCUT2D eigenvalue weighted by atomic mass is 10.2. The van der Waals surface area contributed by atoms with Gasteiger partial charge in [-0.1, -0.05) is 30.9 Å². The number of thiocarbonyl (C=S) groups is 1. The normalized spacial score (nSPS) is 17.7. The van der Waals surface area contributed by atoms with E-state index < -0.39 is 5.91 Å². The lowest BCUT2D eigenvalue weighted by Gasteiger charge is -2.37.